The molecule has 1 aromatic carbocycles. The molecular weight excluding hydrogens is 222 g/mol. The van der Waals surface area contributed by atoms with Crippen LogP contribution in [0.2, 0.25) is 0 Å². The summed E-state index contributed by atoms with van der Waals surface area (Å²) >= 11 is 0. The number of nitrogens with zero attached hydrogens (tertiary/aromatic N) is 1. The molecule has 94 valence electrons. The molecule has 0 radical (unpaired) electrons. The van der Waals surface area contributed by atoms with E-state index in [1.807, 2.05) is 13.0 Å². The van der Waals surface area contributed by atoms with Crippen LogP contribution in [0.15, 0.2) is 18.2 Å². The van der Waals surface area contributed by atoms with Gasteiger partial charge in [-0.05, 0) is 19.4 Å². The largest absolute Gasteiger partial charge is 0.396 e. The first-order valence-corrected chi connectivity index (χ1v) is 5.55. The highest BCUT2D eigenvalue weighted by Gasteiger charge is 2.09. The summed E-state index contributed by atoms with van der Waals surface area (Å²) in [6.07, 6.45) is 0.610. The van der Waals surface area contributed by atoms with Gasteiger partial charge in [0.2, 0.25) is 0 Å². The van der Waals surface area contributed by atoms with E-state index in [0.717, 1.165) is 0 Å². The Morgan fingerprint density at radius 3 is 2.47 bits per heavy atom. The summed E-state index contributed by atoms with van der Waals surface area (Å²) in [6.45, 7) is 3.32. The molecule has 0 heterocycles. The molecule has 0 aliphatic heterocycles. The van der Waals surface area contributed by atoms with Gasteiger partial charge in [-0.25, -0.2) is 0 Å². The van der Waals surface area contributed by atoms with Crippen molar-refractivity contribution in [1.29, 1.82) is 0 Å². The van der Waals surface area contributed by atoms with Gasteiger partial charge in [0.25, 0.3) is 5.69 Å². The molecule has 17 heavy (non-hydrogen) atoms. The van der Waals surface area contributed by atoms with E-state index in [9.17, 15) is 10.1 Å². The van der Waals surface area contributed by atoms with Crippen molar-refractivity contribution in [3.8, 4) is 0 Å². The van der Waals surface area contributed by atoms with Crippen LogP contribution in [0, 0.1) is 10.1 Å². The van der Waals surface area contributed by atoms with Crippen molar-refractivity contribution < 1.29 is 10.0 Å². The molecule has 0 saturated heterocycles. The standard InChI is InChI=1S/C11H17N3O3/c1-2-12-9-6-10(13-4-3-5-15)8-11(7-9)14(16)17/h6-8,12-13,15H,2-5H2,1H3. The summed E-state index contributed by atoms with van der Waals surface area (Å²) in [4.78, 5) is 10.3. The number of aliphatic hydroxyl groups excluding tert-OH is 1. The van der Waals surface area contributed by atoms with Crippen LogP contribution in [-0.2, 0) is 0 Å². The van der Waals surface area contributed by atoms with E-state index in [-0.39, 0.29) is 12.3 Å². The third-order valence-electron chi connectivity index (χ3n) is 2.17. The predicted molar refractivity (Wildman–Crippen MR) is 67.5 cm³/mol. The summed E-state index contributed by atoms with van der Waals surface area (Å²) < 4.78 is 0. The van der Waals surface area contributed by atoms with Gasteiger partial charge in [0.15, 0.2) is 0 Å². The van der Waals surface area contributed by atoms with Gasteiger partial charge in [-0.3, -0.25) is 10.1 Å². The van der Waals surface area contributed by atoms with E-state index in [2.05, 4.69) is 10.6 Å². The SMILES string of the molecule is CCNc1cc(NCCCO)cc([N+](=O)[O-])c1. The molecule has 0 aliphatic rings. The van der Waals surface area contributed by atoms with Gasteiger partial charge in [-0.2, -0.15) is 0 Å². The van der Waals surface area contributed by atoms with Crippen LogP contribution in [0.4, 0.5) is 17.1 Å². The fraction of sp³-hybridized carbons (Fsp3) is 0.455. The van der Waals surface area contributed by atoms with Gasteiger partial charge in [0.05, 0.1) is 4.92 Å². The number of benzene rings is 1. The maximum atomic E-state index is 10.7. The van der Waals surface area contributed by atoms with Crippen LogP contribution in [0.5, 0.6) is 0 Å². The van der Waals surface area contributed by atoms with E-state index in [1.54, 1.807) is 0 Å². The predicted octanol–water partition coefficient (Wildman–Crippen LogP) is 1.82. The van der Waals surface area contributed by atoms with Crippen molar-refractivity contribution in [2.45, 2.75) is 13.3 Å². The molecule has 0 bridgehead atoms. The van der Waals surface area contributed by atoms with Gasteiger partial charge in [-0.1, -0.05) is 0 Å². The lowest BCUT2D eigenvalue weighted by atomic mass is 10.2. The Morgan fingerprint density at radius 1 is 1.29 bits per heavy atom. The zero-order valence-corrected chi connectivity index (χ0v) is 9.77. The van der Waals surface area contributed by atoms with Gasteiger partial charge in [0, 0.05) is 43.2 Å². The molecule has 3 N–H and O–H groups in total. The van der Waals surface area contributed by atoms with Crippen molar-refractivity contribution in [3.63, 3.8) is 0 Å². The molecule has 0 amide bonds. The Morgan fingerprint density at radius 2 is 1.94 bits per heavy atom. The number of hydrogen-bond acceptors (Lipinski definition) is 5. The summed E-state index contributed by atoms with van der Waals surface area (Å²) in [5.74, 6) is 0. The lowest BCUT2D eigenvalue weighted by molar-refractivity contribution is -0.384. The number of aliphatic hydroxyl groups is 1. The molecule has 0 aromatic heterocycles. The third kappa shape index (κ3) is 4.28. The molecule has 0 spiro atoms. The number of nitro groups is 1. The monoisotopic (exact) mass is 239 g/mol. The van der Waals surface area contributed by atoms with Crippen LogP contribution in [0.25, 0.3) is 0 Å². The van der Waals surface area contributed by atoms with Gasteiger partial charge in [0.1, 0.15) is 0 Å². The summed E-state index contributed by atoms with van der Waals surface area (Å²) in [6, 6.07) is 4.80. The first-order chi connectivity index (χ1) is 8.17. The normalized spacial score (nSPS) is 10.0. The van der Waals surface area contributed by atoms with Gasteiger partial charge < -0.3 is 15.7 Å². The van der Waals surface area contributed by atoms with E-state index < -0.39 is 4.92 Å². The molecule has 1 rings (SSSR count). The fourth-order valence-electron chi connectivity index (χ4n) is 1.44. The average Bonchev–Trinajstić information content (AvgIpc) is 2.29. The Labute approximate surface area is 99.8 Å². The highest BCUT2D eigenvalue weighted by Crippen LogP contribution is 2.24. The van der Waals surface area contributed by atoms with Crippen LogP contribution >= 0.6 is 0 Å². The second kappa shape index (κ2) is 6.70. The number of anilines is 2. The topological polar surface area (TPSA) is 87.4 Å². The third-order valence-corrected chi connectivity index (χ3v) is 2.17. The van der Waals surface area contributed by atoms with Crippen LogP contribution in [-0.4, -0.2) is 29.7 Å². The summed E-state index contributed by atoms with van der Waals surface area (Å²) in [5, 5.41) is 25.5. The Balaban J connectivity index is 2.83. The average molecular weight is 239 g/mol. The molecule has 0 saturated carbocycles. The molecule has 0 unspecified atom stereocenters. The second-order valence-electron chi connectivity index (χ2n) is 3.56. The fourth-order valence-corrected chi connectivity index (χ4v) is 1.44. The Hall–Kier alpha value is -1.82. The number of nitrogens with one attached hydrogen (secondary N) is 2. The Kier molecular flexibility index (Phi) is 5.22. The molecular formula is C11H17N3O3. The van der Waals surface area contributed by atoms with Crippen molar-refractivity contribution >= 4 is 17.1 Å². The molecule has 1 aromatic rings. The van der Waals surface area contributed by atoms with Crippen molar-refractivity contribution in [1.82, 2.24) is 0 Å². The van der Waals surface area contributed by atoms with Gasteiger partial charge in [-0.15, -0.1) is 0 Å². The van der Waals surface area contributed by atoms with Crippen molar-refractivity contribution in [2.75, 3.05) is 30.3 Å². The quantitative estimate of drug-likeness (QED) is 0.384. The maximum Gasteiger partial charge on any atom is 0.273 e. The first kappa shape index (κ1) is 13.2. The molecule has 0 aliphatic carbocycles. The number of non-ortho nitro benzene ring substituents is 1. The van der Waals surface area contributed by atoms with E-state index in [0.29, 0.717) is 30.9 Å². The highest BCUT2D eigenvalue weighted by atomic mass is 16.6. The number of nitro benzene ring substituents is 1. The molecule has 0 fully saturated rings. The van der Waals surface area contributed by atoms with E-state index in [1.165, 1.54) is 12.1 Å². The minimum atomic E-state index is -0.419. The maximum absolute atomic E-state index is 10.7. The lowest BCUT2D eigenvalue weighted by Crippen LogP contribution is -2.05. The van der Waals surface area contributed by atoms with Crippen LogP contribution in [0.1, 0.15) is 13.3 Å². The van der Waals surface area contributed by atoms with Crippen LogP contribution < -0.4 is 10.6 Å². The number of hydrogen-bond donors (Lipinski definition) is 3. The van der Waals surface area contributed by atoms with E-state index >= 15 is 0 Å². The molecule has 6 nitrogen and oxygen atoms in total. The molecule has 0 atom stereocenters. The second-order valence-corrected chi connectivity index (χ2v) is 3.56. The summed E-state index contributed by atoms with van der Waals surface area (Å²) in [7, 11) is 0. The van der Waals surface area contributed by atoms with Crippen LogP contribution in [0.3, 0.4) is 0 Å². The van der Waals surface area contributed by atoms with Crippen molar-refractivity contribution in [3.05, 3.63) is 28.3 Å². The number of rotatable bonds is 7. The van der Waals surface area contributed by atoms with Crippen molar-refractivity contribution in [2.24, 2.45) is 0 Å². The minimum absolute atomic E-state index is 0.0509. The summed E-state index contributed by atoms with van der Waals surface area (Å²) in [5.41, 5.74) is 1.45. The Bertz CT molecular complexity index is 382. The van der Waals surface area contributed by atoms with E-state index in [4.69, 9.17) is 5.11 Å². The zero-order chi connectivity index (χ0) is 12.7. The molecule has 6 heteroatoms. The van der Waals surface area contributed by atoms with Gasteiger partial charge >= 0.3 is 0 Å². The zero-order valence-electron chi connectivity index (χ0n) is 9.77. The highest BCUT2D eigenvalue weighted by molar-refractivity contribution is 5.63. The minimum Gasteiger partial charge on any atom is -0.396 e. The lowest BCUT2D eigenvalue weighted by Gasteiger charge is -2.09. The first-order valence-electron chi connectivity index (χ1n) is 5.55. The smallest absolute Gasteiger partial charge is 0.273 e.